The molecule has 2 rings (SSSR count). The average molecular weight is 264 g/mol. The number of aromatic nitrogens is 2. The second-order valence-electron chi connectivity index (χ2n) is 6.23. The molecular formula is C14H24N4O. The average Bonchev–Trinajstić information content (AvgIpc) is 2.68. The van der Waals surface area contributed by atoms with Gasteiger partial charge in [-0.2, -0.15) is 0 Å². The summed E-state index contributed by atoms with van der Waals surface area (Å²) in [6, 6.07) is 0. The number of carbonyl (C=O) groups excluding carboxylic acids is 1. The number of carbonyl (C=O) groups is 1. The molecule has 0 saturated heterocycles. The maximum atomic E-state index is 10.9. The molecule has 1 aliphatic heterocycles. The van der Waals surface area contributed by atoms with E-state index in [-0.39, 0.29) is 11.3 Å². The van der Waals surface area contributed by atoms with Gasteiger partial charge in [0.15, 0.2) is 0 Å². The lowest BCUT2D eigenvalue weighted by Crippen LogP contribution is -2.26. The van der Waals surface area contributed by atoms with Crippen LogP contribution in [0.1, 0.15) is 50.8 Å². The van der Waals surface area contributed by atoms with Gasteiger partial charge < -0.3 is 15.6 Å². The van der Waals surface area contributed by atoms with Crippen LogP contribution in [0.4, 0.5) is 0 Å². The van der Waals surface area contributed by atoms with Gasteiger partial charge in [-0.25, -0.2) is 4.98 Å². The van der Waals surface area contributed by atoms with Crippen molar-refractivity contribution >= 4 is 5.91 Å². The quantitative estimate of drug-likeness (QED) is 0.855. The molecule has 1 aromatic rings. The summed E-state index contributed by atoms with van der Waals surface area (Å²) in [5, 5.41) is 3.36. The third-order valence-corrected chi connectivity index (χ3v) is 3.46. The van der Waals surface area contributed by atoms with Crippen molar-refractivity contribution in [2.24, 2.45) is 5.73 Å². The van der Waals surface area contributed by atoms with Crippen LogP contribution < -0.4 is 11.1 Å². The first-order chi connectivity index (χ1) is 8.89. The van der Waals surface area contributed by atoms with E-state index in [9.17, 15) is 4.79 Å². The standard InChI is InChI=1S/C14H24N4O/c1-14(2,3)13-17-10-9-16-7-6-11(10)18(13)8-4-5-12(15)19/h16H,4-9H2,1-3H3,(H2,15,19). The van der Waals surface area contributed by atoms with Crippen LogP contribution in [0.2, 0.25) is 0 Å². The van der Waals surface area contributed by atoms with E-state index in [1.54, 1.807) is 0 Å². The molecule has 2 heterocycles. The van der Waals surface area contributed by atoms with Crippen molar-refractivity contribution in [3.05, 3.63) is 17.2 Å². The van der Waals surface area contributed by atoms with Gasteiger partial charge in [-0.05, 0) is 6.42 Å². The molecule has 5 nitrogen and oxygen atoms in total. The fourth-order valence-corrected chi connectivity index (χ4v) is 2.60. The van der Waals surface area contributed by atoms with E-state index >= 15 is 0 Å². The van der Waals surface area contributed by atoms with Gasteiger partial charge >= 0.3 is 0 Å². The minimum absolute atomic E-state index is 0.0179. The molecule has 0 spiro atoms. The second kappa shape index (κ2) is 5.33. The van der Waals surface area contributed by atoms with Crippen molar-refractivity contribution < 1.29 is 4.79 Å². The molecule has 0 saturated carbocycles. The molecule has 1 aliphatic rings. The summed E-state index contributed by atoms with van der Waals surface area (Å²) in [6.07, 6.45) is 2.23. The first-order valence-electron chi connectivity index (χ1n) is 6.97. The molecule has 5 heteroatoms. The molecule has 0 atom stereocenters. The van der Waals surface area contributed by atoms with Gasteiger partial charge in [0.05, 0.1) is 5.69 Å². The number of primary amides is 1. The van der Waals surface area contributed by atoms with Gasteiger partial charge in [-0.15, -0.1) is 0 Å². The number of fused-ring (bicyclic) bond motifs is 1. The van der Waals surface area contributed by atoms with Crippen LogP contribution in [0.25, 0.3) is 0 Å². The van der Waals surface area contributed by atoms with E-state index in [2.05, 4.69) is 30.7 Å². The number of amides is 1. The summed E-state index contributed by atoms with van der Waals surface area (Å²) in [4.78, 5) is 15.7. The normalized spacial score (nSPS) is 15.3. The Morgan fingerprint density at radius 1 is 1.47 bits per heavy atom. The number of nitrogens with zero attached hydrogens (tertiary/aromatic N) is 2. The lowest BCUT2D eigenvalue weighted by molar-refractivity contribution is -0.118. The van der Waals surface area contributed by atoms with Crippen molar-refractivity contribution in [2.75, 3.05) is 6.54 Å². The first-order valence-corrected chi connectivity index (χ1v) is 6.97. The lowest BCUT2D eigenvalue weighted by Gasteiger charge is -2.21. The lowest BCUT2D eigenvalue weighted by atomic mass is 9.95. The van der Waals surface area contributed by atoms with Crippen molar-refractivity contribution in [1.82, 2.24) is 14.9 Å². The number of imidazole rings is 1. The SMILES string of the molecule is CC(C)(C)c1nc2c(n1CCCC(N)=O)CCNC2. The topological polar surface area (TPSA) is 72.9 Å². The van der Waals surface area contributed by atoms with Crippen LogP contribution in [-0.2, 0) is 29.7 Å². The van der Waals surface area contributed by atoms with E-state index in [1.807, 2.05) is 0 Å². The van der Waals surface area contributed by atoms with Crippen LogP contribution in [-0.4, -0.2) is 22.0 Å². The van der Waals surface area contributed by atoms with Crippen LogP contribution in [0.5, 0.6) is 0 Å². The van der Waals surface area contributed by atoms with Crippen LogP contribution in [0.3, 0.4) is 0 Å². The zero-order valence-corrected chi connectivity index (χ0v) is 12.1. The number of hydrogen-bond donors (Lipinski definition) is 2. The maximum Gasteiger partial charge on any atom is 0.217 e. The number of nitrogens with one attached hydrogen (secondary N) is 1. The van der Waals surface area contributed by atoms with Gasteiger partial charge in [-0.1, -0.05) is 20.8 Å². The summed E-state index contributed by atoms with van der Waals surface area (Å²) in [5.41, 5.74) is 7.73. The Hall–Kier alpha value is -1.36. The smallest absolute Gasteiger partial charge is 0.217 e. The Balaban J connectivity index is 2.27. The Labute approximate surface area is 114 Å². The molecule has 106 valence electrons. The predicted molar refractivity (Wildman–Crippen MR) is 74.8 cm³/mol. The highest BCUT2D eigenvalue weighted by Gasteiger charge is 2.26. The fourth-order valence-electron chi connectivity index (χ4n) is 2.60. The summed E-state index contributed by atoms with van der Waals surface area (Å²) in [7, 11) is 0. The molecule has 0 aromatic carbocycles. The Bertz CT molecular complexity index is 471. The highest BCUT2D eigenvalue weighted by molar-refractivity contribution is 5.73. The Kier molecular flexibility index (Phi) is 3.94. The van der Waals surface area contributed by atoms with Gasteiger partial charge in [0.2, 0.25) is 5.91 Å². The summed E-state index contributed by atoms with van der Waals surface area (Å²) in [6.45, 7) is 9.22. The molecular weight excluding hydrogens is 240 g/mol. The molecule has 0 aliphatic carbocycles. The minimum atomic E-state index is -0.229. The summed E-state index contributed by atoms with van der Waals surface area (Å²) in [5.74, 6) is 0.888. The Morgan fingerprint density at radius 2 is 2.21 bits per heavy atom. The van der Waals surface area contributed by atoms with E-state index < -0.39 is 0 Å². The number of rotatable bonds is 4. The maximum absolute atomic E-state index is 10.9. The van der Waals surface area contributed by atoms with Gasteiger partial charge in [0.25, 0.3) is 0 Å². The van der Waals surface area contributed by atoms with E-state index in [1.165, 1.54) is 5.69 Å². The molecule has 0 fully saturated rings. The van der Waals surface area contributed by atoms with Gasteiger partial charge in [0.1, 0.15) is 5.82 Å². The molecule has 19 heavy (non-hydrogen) atoms. The summed E-state index contributed by atoms with van der Waals surface area (Å²) < 4.78 is 2.30. The molecule has 1 aromatic heterocycles. The molecule has 3 N–H and O–H groups in total. The van der Waals surface area contributed by atoms with Crippen LogP contribution in [0.15, 0.2) is 0 Å². The highest BCUT2D eigenvalue weighted by atomic mass is 16.1. The first kappa shape index (κ1) is 14.1. The van der Waals surface area contributed by atoms with Crippen LogP contribution in [0, 0.1) is 0 Å². The molecule has 1 amide bonds. The van der Waals surface area contributed by atoms with Crippen molar-refractivity contribution in [2.45, 2.75) is 58.5 Å². The van der Waals surface area contributed by atoms with E-state index in [0.717, 1.165) is 44.0 Å². The van der Waals surface area contributed by atoms with Crippen molar-refractivity contribution in [3.63, 3.8) is 0 Å². The largest absolute Gasteiger partial charge is 0.370 e. The monoisotopic (exact) mass is 264 g/mol. The predicted octanol–water partition coefficient (Wildman–Crippen LogP) is 1.09. The highest BCUT2D eigenvalue weighted by Crippen LogP contribution is 2.26. The number of hydrogen-bond acceptors (Lipinski definition) is 3. The second-order valence-corrected chi connectivity index (χ2v) is 6.23. The molecule has 0 bridgehead atoms. The third-order valence-electron chi connectivity index (χ3n) is 3.46. The van der Waals surface area contributed by atoms with Crippen LogP contribution >= 0.6 is 0 Å². The minimum Gasteiger partial charge on any atom is -0.370 e. The fraction of sp³-hybridized carbons (Fsp3) is 0.714. The Morgan fingerprint density at radius 3 is 2.84 bits per heavy atom. The van der Waals surface area contributed by atoms with E-state index in [0.29, 0.717) is 6.42 Å². The zero-order valence-electron chi connectivity index (χ0n) is 12.1. The molecule has 0 unspecified atom stereocenters. The molecule has 0 radical (unpaired) electrons. The summed E-state index contributed by atoms with van der Waals surface area (Å²) >= 11 is 0. The number of nitrogens with two attached hydrogens (primary N) is 1. The van der Waals surface area contributed by atoms with Gasteiger partial charge in [-0.3, -0.25) is 4.79 Å². The zero-order chi connectivity index (χ0) is 14.0. The van der Waals surface area contributed by atoms with Gasteiger partial charge in [0, 0.05) is 43.6 Å². The van der Waals surface area contributed by atoms with Crippen molar-refractivity contribution in [3.8, 4) is 0 Å². The van der Waals surface area contributed by atoms with Crippen molar-refractivity contribution in [1.29, 1.82) is 0 Å². The third kappa shape index (κ3) is 3.15. The van der Waals surface area contributed by atoms with E-state index in [4.69, 9.17) is 10.7 Å².